The number of nitrogens with zero attached hydrogens (tertiary/aromatic N) is 2. The summed E-state index contributed by atoms with van der Waals surface area (Å²) in [4.78, 5) is 28.0. The lowest BCUT2D eigenvalue weighted by Crippen LogP contribution is -2.41. The number of rotatable bonds is 6. The van der Waals surface area contributed by atoms with E-state index < -0.39 is 5.91 Å². The lowest BCUT2D eigenvalue weighted by Gasteiger charge is -2.08. The summed E-state index contributed by atoms with van der Waals surface area (Å²) < 4.78 is 5.18. The van der Waals surface area contributed by atoms with E-state index in [0.29, 0.717) is 29.6 Å². The minimum atomic E-state index is -0.601. The van der Waals surface area contributed by atoms with E-state index in [4.69, 9.17) is 16.1 Å². The highest BCUT2D eigenvalue weighted by Crippen LogP contribution is 2.19. The van der Waals surface area contributed by atoms with Crippen molar-refractivity contribution in [2.24, 2.45) is 0 Å². The lowest BCUT2D eigenvalue weighted by atomic mass is 10.2. The molecule has 0 unspecified atom stereocenters. The highest BCUT2D eigenvalue weighted by Gasteiger charge is 2.12. The van der Waals surface area contributed by atoms with Gasteiger partial charge in [-0.05, 0) is 42.8 Å². The number of phenolic OH excluding ortho intramolecular Hbond substituents is 1. The fourth-order valence-corrected chi connectivity index (χ4v) is 2.52. The number of hydrazine groups is 1. The van der Waals surface area contributed by atoms with Crippen molar-refractivity contribution in [3.63, 3.8) is 0 Å². The molecular weight excluding hydrogens is 384 g/mol. The van der Waals surface area contributed by atoms with E-state index in [1.54, 1.807) is 36.4 Å². The number of benzene rings is 2. The Morgan fingerprint density at radius 3 is 2.57 bits per heavy atom. The average Bonchev–Trinajstić information content (AvgIpc) is 3.16. The van der Waals surface area contributed by atoms with Crippen LogP contribution >= 0.6 is 11.6 Å². The number of nitrogens with one attached hydrogen (secondary N) is 2. The molecule has 0 bridgehead atoms. The number of amides is 2. The maximum atomic E-state index is 11.9. The van der Waals surface area contributed by atoms with Gasteiger partial charge < -0.3 is 9.63 Å². The predicted molar refractivity (Wildman–Crippen MR) is 101 cm³/mol. The van der Waals surface area contributed by atoms with Gasteiger partial charge in [0.15, 0.2) is 0 Å². The Hall–Kier alpha value is -3.39. The van der Waals surface area contributed by atoms with Crippen LogP contribution in [0.1, 0.15) is 29.1 Å². The van der Waals surface area contributed by atoms with Crippen molar-refractivity contribution in [2.75, 3.05) is 0 Å². The molecule has 3 aromatic rings. The molecule has 0 saturated carbocycles. The highest BCUT2D eigenvalue weighted by atomic mass is 35.5. The van der Waals surface area contributed by atoms with Crippen molar-refractivity contribution >= 4 is 23.4 Å². The van der Waals surface area contributed by atoms with Gasteiger partial charge in [-0.2, -0.15) is 4.98 Å². The van der Waals surface area contributed by atoms with Crippen molar-refractivity contribution in [2.45, 2.75) is 19.3 Å². The zero-order valence-corrected chi connectivity index (χ0v) is 15.4. The Morgan fingerprint density at radius 2 is 1.82 bits per heavy atom. The van der Waals surface area contributed by atoms with Crippen molar-refractivity contribution in [1.82, 2.24) is 21.0 Å². The van der Waals surface area contributed by atoms with E-state index in [2.05, 4.69) is 21.0 Å². The van der Waals surface area contributed by atoms with Gasteiger partial charge in [0.1, 0.15) is 5.75 Å². The van der Waals surface area contributed by atoms with Gasteiger partial charge in [-0.3, -0.25) is 20.4 Å². The molecule has 0 aliphatic heterocycles. The van der Waals surface area contributed by atoms with E-state index >= 15 is 0 Å². The minimum absolute atomic E-state index is 0.0726. The van der Waals surface area contributed by atoms with Crippen molar-refractivity contribution < 1.29 is 19.2 Å². The van der Waals surface area contributed by atoms with Gasteiger partial charge in [0.2, 0.25) is 17.6 Å². The molecule has 9 heteroatoms. The molecule has 0 aliphatic rings. The molecule has 1 aromatic heterocycles. The molecule has 0 atom stereocenters. The number of aryl methyl sites for hydroxylation is 1. The summed E-state index contributed by atoms with van der Waals surface area (Å²) in [5.41, 5.74) is 5.41. The van der Waals surface area contributed by atoms with E-state index in [1.165, 1.54) is 12.1 Å². The van der Waals surface area contributed by atoms with Crippen LogP contribution in [-0.4, -0.2) is 27.1 Å². The smallest absolute Gasteiger partial charge is 0.273 e. The monoisotopic (exact) mass is 400 g/mol. The maximum absolute atomic E-state index is 11.9. The molecule has 3 rings (SSSR count). The van der Waals surface area contributed by atoms with Crippen LogP contribution in [0.2, 0.25) is 5.02 Å². The SMILES string of the molecule is O=C(CCCc1nc(-c2ccc(Cl)cc2)no1)NNC(=O)c1ccccc1O. The first-order valence-corrected chi connectivity index (χ1v) is 8.86. The summed E-state index contributed by atoms with van der Waals surface area (Å²) in [6.45, 7) is 0. The molecule has 0 fully saturated rings. The van der Waals surface area contributed by atoms with E-state index in [0.717, 1.165) is 5.56 Å². The third-order valence-electron chi connectivity index (χ3n) is 3.83. The molecule has 2 amide bonds. The van der Waals surface area contributed by atoms with Gasteiger partial charge in [-0.25, -0.2) is 0 Å². The van der Waals surface area contributed by atoms with E-state index in [9.17, 15) is 14.7 Å². The van der Waals surface area contributed by atoms with Crippen LogP contribution in [-0.2, 0) is 11.2 Å². The average molecular weight is 401 g/mol. The molecular formula is C19H17ClN4O4. The third kappa shape index (κ3) is 5.08. The summed E-state index contributed by atoms with van der Waals surface area (Å²) in [5.74, 6) is -0.277. The molecule has 28 heavy (non-hydrogen) atoms. The molecule has 0 radical (unpaired) electrons. The Morgan fingerprint density at radius 1 is 1.07 bits per heavy atom. The first-order chi connectivity index (χ1) is 13.5. The van der Waals surface area contributed by atoms with Gasteiger partial charge >= 0.3 is 0 Å². The Bertz CT molecular complexity index is 972. The van der Waals surface area contributed by atoms with Crippen LogP contribution in [0.5, 0.6) is 5.75 Å². The van der Waals surface area contributed by atoms with Gasteiger partial charge in [0.25, 0.3) is 5.91 Å². The number of aromatic hydroxyl groups is 1. The number of phenols is 1. The topological polar surface area (TPSA) is 117 Å². The van der Waals surface area contributed by atoms with Gasteiger partial charge in [0, 0.05) is 23.4 Å². The standard InChI is InChI=1S/C19H17ClN4O4/c20-13-10-8-12(9-11-13)18-21-17(28-24-18)7-3-6-16(26)22-23-19(27)14-4-1-2-5-15(14)25/h1-2,4-5,8-11,25H,3,6-7H2,(H,22,26)(H,23,27). The summed E-state index contributed by atoms with van der Waals surface area (Å²) >= 11 is 5.85. The van der Waals surface area contributed by atoms with Crippen LogP contribution in [0, 0.1) is 0 Å². The molecule has 3 N–H and O–H groups in total. The number of hydrogen-bond acceptors (Lipinski definition) is 6. The van der Waals surface area contributed by atoms with Crippen LogP contribution in [0.3, 0.4) is 0 Å². The second-order valence-corrected chi connectivity index (χ2v) is 6.33. The van der Waals surface area contributed by atoms with E-state index in [-0.39, 0.29) is 23.6 Å². The highest BCUT2D eigenvalue weighted by molar-refractivity contribution is 6.30. The fraction of sp³-hybridized carbons (Fsp3) is 0.158. The first kappa shape index (κ1) is 19.4. The molecule has 0 spiro atoms. The normalized spacial score (nSPS) is 10.5. The minimum Gasteiger partial charge on any atom is -0.507 e. The van der Waals surface area contributed by atoms with Crippen molar-refractivity contribution in [3.8, 4) is 17.1 Å². The Labute approximate surface area is 165 Å². The van der Waals surface area contributed by atoms with E-state index in [1.807, 2.05) is 0 Å². The third-order valence-corrected chi connectivity index (χ3v) is 4.08. The van der Waals surface area contributed by atoms with Crippen LogP contribution in [0.15, 0.2) is 53.1 Å². The van der Waals surface area contributed by atoms with Gasteiger partial charge in [-0.15, -0.1) is 0 Å². The summed E-state index contributed by atoms with van der Waals surface area (Å²) in [5, 5.41) is 14.1. The zero-order valence-electron chi connectivity index (χ0n) is 14.7. The molecule has 2 aromatic carbocycles. The maximum Gasteiger partial charge on any atom is 0.273 e. The second-order valence-electron chi connectivity index (χ2n) is 5.89. The van der Waals surface area contributed by atoms with Crippen molar-refractivity contribution in [1.29, 1.82) is 0 Å². The lowest BCUT2D eigenvalue weighted by molar-refractivity contribution is -0.121. The number of hydrogen-bond donors (Lipinski definition) is 3. The van der Waals surface area contributed by atoms with Crippen molar-refractivity contribution in [3.05, 3.63) is 65.0 Å². The number of para-hydroxylation sites is 1. The number of aromatic nitrogens is 2. The second kappa shape index (κ2) is 9.01. The summed E-state index contributed by atoms with van der Waals surface area (Å²) in [6.07, 6.45) is 1.03. The molecule has 1 heterocycles. The number of halogens is 1. The molecule has 0 aliphatic carbocycles. The predicted octanol–water partition coefficient (Wildman–Crippen LogP) is 2.88. The van der Waals surface area contributed by atoms with Crippen LogP contribution < -0.4 is 10.9 Å². The fourth-order valence-electron chi connectivity index (χ4n) is 2.39. The summed E-state index contributed by atoms with van der Waals surface area (Å²) in [7, 11) is 0. The Kier molecular flexibility index (Phi) is 6.23. The number of carbonyl (C=O) groups is 2. The first-order valence-electron chi connectivity index (χ1n) is 8.48. The largest absolute Gasteiger partial charge is 0.507 e. The number of carbonyl (C=O) groups excluding carboxylic acids is 2. The molecule has 8 nitrogen and oxygen atoms in total. The molecule has 0 saturated heterocycles. The van der Waals surface area contributed by atoms with Crippen LogP contribution in [0.4, 0.5) is 0 Å². The van der Waals surface area contributed by atoms with Gasteiger partial charge in [0.05, 0.1) is 5.56 Å². The Balaban J connectivity index is 1.42. The van der Waals surface area contributed by atoms with Gasteiger partial charge in [-0.1, -0.05) is 28.9 Å². The summed E-state index contributed by atoms with van der Waals surface area (Å²) in [6, 6.07) is 13.1. The quantitative estimate of drug-likeness (QED) is 0.547. The van der Waals surface area contributed by atoms with Crippen LogP contribution in [0.25, 0.3) is 11.4 Å². The molecule has 144 valence electrons. The zero-order chi connectivity index (χ0) is 19.9.